The van der Waals surface area contributed by atoms with Crippen molar-refractivity contribution < 1.29 is 14.6 Å². The van der Waals surface area contributed by atoms with Crippen molar-refractivity contribution in [3.63, 3.8) is 0 Å². The van der Waals surface area contributed by atoms with Crippen LogP contribution in [0.1, 0.15) is 21.5 Å². The molecule has 1 aliphatic heterocycles. The van der Waals surface area contributed by atoms with Crippen LogP contribution in [0.5, 0.6) is 0 Å². The van der Waals surface area contributed by atoms with Gasteiger partial charge in [-0.15, -0.1) is 0 Å². The standard InChI is InChI=1S/C17H26N2O3/c1-14-4-3-5-16(15(14)2)17(21)19(8-11-20)7-6-18-9-12-22-13-10-18/h3-5,20H,6-13H2,1-2H3. The molecule has 0 saturated carbocycles. The zero-order chi connectivity index (χ0) is 15.9. The second-order valence-electron chi connectivity index (χ2n) is 5.72. The molecule has 0 aliphatic carbocycles. The maximum Gasteiger partial charge on any atom is 0.254 e. The fourth-order valence-corrected chi connectivity index (χ4v) is 2.68. The molecule has 5 nitrogen and oxygen atoms in total. The number of ether oxygens (including phenoxy) is 1. The number of hydrogen-bond acceptors (Lipinski definition) is 4. The van der Waals surface area contributed by atoms with Crippen LogP contribution in [0.2, 0.25) is 0 Å². The molecular weight excluding hydrogens is 280 g/mol. The zero-order valence-electron chi connectivity index (χ0n) is 13.5. The molecule has 1 fully saturated rings. The predicted octanol–water partition coefficient (Wildman–Crippen LogP) is 1.07. The van der Waals surface area contributed by atoms with E-state index in [1.54, 1.807) is 4.90 Å². The third-order valence-corrected chi connectivity index (χ3v) is 4.28. The normalized spacial score (nSPS) is 15.8. The number of carbonyl (C=O) groups excluding carboxylic acids is 1. The van der Waals surface area contributed by atoms with Gasteiger partial charge in [-0.3, -0.25) is 9.69 Å². The predicted molar refractivity (Wildman–Crippen MR) is 86.2 cm³/mol. The van der Waals surface area contributed by atoms with Gasteiger partial charge in [-0.25, -0.2) is 0 Å². The lowest BCUT2D eigenvalue weighted by Gasteiger charge is -2.30. The van der Waals surface area contributed by atoms with E-state index in [2.05, 4.69) is 4.90 Å². The molecule has 5 heteroatoms. The number of rotatable bonds is 6. The summed E-state index contributed by atoms with van der Waals surface area (Å²) in [5, 5.41) is 9.27. The Morgan fingerprint density at radius 3 is 2.68 bits per heavy atom. The van der Waals surface area contributed by atoms with Crippen LogP contribution in [0.3, 0.4) is 0 Å². The van der Waals surface area contributed by atoms with Crippen LogP contribution in [0.25, 0.3) is 0 Å². The third-order valence-electron chi connectivity index (χ3n) is 4.28. The van der Waals surface area contributed by atoms with Crippen molar-refractivity contribution in [1.29, 1.82) is 0 Å². The molecule has 0 unspecified atom stereocenters. The van der Waals surface area contributed by atoms with Gasteiger partial charge < -0.3 is 14.7 Å². The van der Waals surface area contributed by atoms with Gasteiger partial charge in [-0.2, -0.15) is 0 Å². The van der Waals surface area contributed by atoms with E-state index in [9.17, 15) is 9.90 Å². The number of nitrogens with zero attached hydrogens (tertiary/aromatic N) is 2. The Bertz CT molecular complexity index is 499. The molecule has 1 aliphatic rings. The molecule has 2 rings (SSSR count). The highest BCUT2D eigenvalue weighted by molar-refractivity contribution is 5.96. The first kappa shape index (κ1) is 16.9. The average Bonchev–Trinajstić information content (AvgIpc) is 2.54. The summed E-state index contributed by atoms with van der Waals surface area (Å²) in [4.78, 5) is 16.8. The summed E-state index contributed by atoms with van der Waals surface area (Å²) < 4.78 is 5.34. The van der Waals surface area contributed by atoms with Crippen molar-refractivity contribution in [2.45, 2.75) is 13.8 Å². The summed E-state index contributed by atoms with van der Waals surface area (Å²) in [6.07, 6.45) is 0. The van der Waals surface area contributed by atoms with Gasteiger partial charge in [0.2, 0.25) is 0 Å². The Morgan fingerprint density at radius 1 is 1.27 bits per heavy atom. The molecule has 0 spiro atoms. The topological polar surface area (TPSA) is 53.0 Å². The summed E-state index contributed by atoms with van der Waals surface area (Å²) >= 11 is 0. The maximum atomic E-state index is 12.8. The highest BCUT2D eigenvalue weighted by Gasteiger charge is 2.19. The molecule has 1 aromatic carbocycles. The smallest absolute Gasteiger partial charge is 0.254 e. The van der Waals surface area contributed by atoms with E-state index in [1.165, 1.54) is 0 Å². The second kappa shape index (κ2) is 8.27. The van der Waals surface area contributed by atoms with E-state index in [4.69, 9.17) is 4.74 Å². The van der Waals surface area contributed by atoms with Crippen LogP contribution < -0.4 is 0 Å². The molecular formula is C17H26N2O3. The first-order valence-corrected chi connectivity index (χ1v) is 7.90. The molecule has 1 saturated heterocycles. The van der Waals surface area contributed by atoms with Crippen molar-refractivity contribution in [3.05, 3.63) is 34.9 Å². The summed E-state index contributed by atoms with van der Waals surface area (Å²) in [5.74, 6) is 0.00325. The Hall–Kier alpha value is -1.43. The zero-order valence-corrected chi connectivity index (χ0v) is 13.5. The molecule has 22 heavy (non-hydrogen) atoms. The quantitative estimate of drug-likeness (QED) is 0.854. The Morgan fingerprint density at radius 2 is 2.00 bits per heavy atom. The number of amides is 1. The molecule has 0 radical (unpaired) electrons. The molecule has 122 valence electrons. The lowest BCUT2D eigenvalue weighted by atomic mass is 10.0. The van der Waals surface area contributed by atoms with Crippen molar-refractivity contribution >= 4 is 5.91 Å². The summed E-state index contributed by atoms with van der Waals surface area (Å²) in [6.45, 7) is 9.12. The number of benzene rings is 1. The van der Waals surface area contributed by atoms with Crippen LogP contribution in [-0.2, 0) is 4.74 Å². The summed E-state index contributed by atoms with van der Waals surface area (Å²) in [6, 6.07) is 5.79. The summed E-state index contributed by atoms with van der Waals surface area (Å²) in [5.41, 5.74) is 2.86. The number of morpholine rings is 1. The minimum atomic E-state index is -0.0142. The monoisotopic (exact) mass is 306 g/mol. The lowest BCUT2D eigenvalue weighted by Crippen LogP contribution is -2.44. The number of aliphatic hydroxyl groups excluding tert-OH is 1. The SMILES string of the molecule is Cc1cccc(C(=O)N(CCO)CCN2CCOCC2)c1C. The van der Waals surface area contributed by atoms with Gasteiger partial charge in [0, 0.05) is 38.3 Å². The number of aliphatic hydroxyl groups is 1. The van der Waals surface area contributed by atoms with E-state index < -0.39 is 0 Å². The lowest BCUT2D eigenvalue weighted by molar-refractivity contribution is 0.0315. The average molecular weight is 306 g/mol. The van der Waals surface area contributed by atoms with Gasteiger partial charge in [0.05, 0.1) is 19.8 Å². The number of hydrogen-bond donors (Lipinski definition) is 1. The van der Waals surface area contributed by atoms with Crippen LogP contribution in [0.4, 0.5) is 0 Å². The van der Waals surface area contributed by atoms with Gasteiger partial charge >= 0.3 is 0 Å². The molecule has 0 atom stereocenters. The highest BCUT2D eigenvalue weighted by atomic mass is 16.5. The fraction of sp³-hybridized carbons (Fsp3) is 0.588. The van der Waals surface area contributed by atoms with Gasteiger partial charge in [0.25, 0.3) is 5.91 Å². The van der Waals surface area contributed by atoms with Crippen molar-refractivity contribution in [2.24, 2.45) is 0 Å². The van der Waals surface area contributed by atoms with E-state index in [0.717, 1.165) is 49.5 Å². The Labute approximate surface area is 132 Å². The molecule has 1 N–H and O–H groups in total. The van der Waals surface area contributed by atoms with Crippen LogP contribution >= 0.6 is 0 Å². The van der Waals surface area contributed by atoms with Crippen LogP contribution in [-0.4, -0.2) is 73.4 Å². The van der Waals surface area contributed by atoms with Crippen LogP contribution in [0.15, 0.2) is 18.2 Å². The summed E-state index contributed by atoms with van der Waals surface area (Å²) in [7, 11) is 0. The molecule has 0 bridgehead atoms. The van der Waals surface area contributed by atoms with Gasteiger partial charge in [-0.05, 0) is 31.0 Å². The van der Waals surface area contributed by atoms with E-state index >= 15 is 0 Å². The van der Waals surface area contributed by atoms with Crippen molar-refractivity contribution in [1.82, 2.24) is 9.80 Å². The minimum absolute atomic E-state index is 0.00325. The van der Waals surface area contributed by atoms with E-state index in [-0.39, 0.29) is 12.5 Å². The maximum absolute atomic E-state index is 12.8. The third kappa shape index (κ3) is 4.29. The van der Waals surface area contributed by atoms with Gasteiger partial charge in [0.15, 0.2) is 0 Å². The Balaban J connectivity index is 2.02. The first-order valence-electron chi connectivity index (χ1n) is 7.90. The van der Waals surface area contributed by atoms with E-state index in [0.29, 0.717) is 13.1 Å². The molecule has 1 aromatic rings. The molecule has 1 heterocycles. The van der Waals surface area contributed by atoms with Gasteiger partial charge in [0.1, 0.15) is 0 Å². The molecule has 0 aromatic heterocycles. The fourth-order valence-electron chi connectivity index (χ4n) is 2.68. The van der Waals surface area contributed by atoms with E-state index in [1.807, 2.05) is 32.0 Å². The number of aryl methyl sites for hydroxylation is 1. The number of carbonyl (C=O) groups is 1. The Kier molecular flexibility index (Phi) is 6.36. The van der Waals surface area contributed by atoms with Crippen LogP contribution in [0, 0.1) is 13.8 Å². The molecule has 1 amide bonds. The van der Waals surface area contributed by atoms with Crippen molar-refractivity contribution in [2.75, 3.05) is 52.5 Å². The van der Waals surface area contributed by atoms with Gasteiger partial charge in [-0.1, -0.05) is 12.1 Å². The first-order chi connectivity index (χ1) is 10.6. The second-order valence-corrected chi connectivity index (χ2v) is 5.72. The highest BCUT2D eigenvalue weighted by Crippen LogP contribution is 2.15. The minimum Gasteiger partial charge on any atom is -0.395 e. The largest absolute Gasteiger partial charge is 0.395 e. The van der Waals surface area contributed by atoms with Crippen molar-refractivity contribution in [3.8, 4) is 0 Å².